The van der Waals surface area contributed by atoms with Crippen LogP contribution in [0.25, 0.3) is 0 Å². The molecule has 1 aromatic carbocycles. The number of halogens is 2. The zero-order valence-electron chi connectivity index (χ0n) is 10.9. The van der Waals surface area contributed by atoms with Crippen molar-refractivity contribution in [3.63, 3.8) is 0 Å². The lowest BCUT2D eigenvalue weighted by Gasteiger charge is -2.44. The molecule has 0 bridgehead atoms. The first-order valence-electron chi connectivity index (χ1n) is 5.90. The minimum atomic E-state index is -1.22. The van der Waals surface area contributed by atoms with E-state index in [1.54, 1.807) is 31.2 Å². The Hall–Kier alpha value is -1.52. The molecule has 0 spiro atoms. The molecule has 1 amide bonds. The van der Waals surface area contributed by atoms with Crippen LogP contribution in [-0.4, -0.2) is 17.0 Å². The number of carboxylic acid groups (broad SMARTS) is 1. The fourth-order valence-electron chi connectivity index (χ4n) is 2.08. The van der Waals surface area contributed by atoms with Gasteiger partial charge in [-0.3, -0.25) is 9.59 Å². The van der Waals surface area contributed by atoms with Crippen molar-refractivity contribution in [2.45, 2.75) is 13.8 Å². The zero-order valence-corrected chi connectivity index (χ0v) is 12.4. The molecule has 0 aromatic heterocycles. The number of rotatable bonds is 3. The number of hydrogen-bond donors (Lipinski definition) is 2. The van der Waals surface area contributed by atoms with E-state index >= 15 is 0 Å². The number of hydrogen-bond acceptors (Lipinski definition) is 2. The second-order valence-corrected chi connectivity index (χ2v) is 6.03. The van der Waals surface area contributed by atoms with E-state index in [1.165, 1.54) is 13.0 Å². The number of aliphatic carboxylic acids is 1. The molecular weight excluding hydrogens is 301 g/mol. The largest absolute Gasteiger partial charge is 0.481 e. The molecule has 0 saturated heterocycles. The number of nitrogens with one attached hydrogen (secondary N) is 1. The molecule has 1 aliphatic carbocycles. The van der Waals surface area contributed by atoms with Crippen LogP contribution in [-0.2, 0) is 9.59 Å². The van der Waals surface area contributed by atoms with E-state index in [-0.39, 0.29) is 0 Å². The Bertz CT molecular complexity index is 609. The Morgan fingerprint density at radius 3 is 1.95 bits per heavy atom. The van der Waals surface area contributed by atoms with Crippen LogP contribution in [0, 0.1) is 10.8 Å². The van der Waals surface area contributed by atoms with Gasteiger partial charge < -0.3 is 10.4 Å². The highest BCUT2D eigenvalue weighted by atomic mass is 35.5. The van der Waals surface area contributed by atoms with Crippen molar-refractivity contribution in [2.24, 2.45) is 10.8 Å². The Morgan fingerprint density at radius 1 is 1.05 bits per heavy atom. The van der Waals surface area contributed by atoms with Gasteiger partial charge in [-0.1, -0.05) is 35.4 Å². The molecule has 20 heavy (non-hydrogen) atoms. The normalized spacial score (nSPS) is 27.8. The van der Waals surface area contributed by atoms with Gasteiger partial charge in [-0.2, -0.15) is 0 Å². The van der Waals surface area contributed by atoms with Gasteiger partial charge in [0.1, 0.15) is 5.41 Å². The highest BCUT2D eigenvalue weighted by Gasteiger charge is 2.57. The fourth-order valence-corrected chi connectivity index (χ4v) is 2.60. The second-order valence-electron chi connectivity index (χ2n) is 5.16. The summed E-state index contributed by atoms with van der Waals surface area (Å²) < 4.78 is 0. The van der Waals surface area contributed by atoms with Crippen molar-refractivity contribution >= 4 is 40.8 Å². The minimum Gasteiger partial charge on any atom is -0.481 e. The minimum absolute atomic E-state index is 0.392. The quantitative estimate of drug-likeness (QED) is 0.838. The molecule has 4 nitrogen and oxygen atoms in total. The summed E-state index contributed by atoms with van der Waals surface area (Å²) in [7, 11) is 0. The lowest BCUT2D eigenvalue weighted by Crippen LogP contribution is -2.54. The number of carbonyl (C=O) groups excluding carboxylic acids is 1. The van der Waals surface area contributed by atoms with Crippen molar-refractivity contribution in [3.05, 3.63) is 40.4 Å². The first kappa shape index (κ1) is 14.9. The summed E-state index contributed by atoms with van der Waals surface area (Å²) in [6, 6.07) is 4.65. The average Bonchev–Trinajstić information content (AvgIpc) is 2.33. The van der Waals surface area contributed by atoms with E-state index in [9.17, 15) is 14.7 Å². The number of carboxylic acids is 1. The second kappa shape index (κ2) is 4.79. The molecule has 0 fully saturated rings. The third-order valence-electron chi connectivity index (χ3n) is 3.87. The van der Waals surface area contributed by atoms with Gasteiger partial charge >= 0.3 is 5.97 Å². The standard InChI is InChI=1S/C14H13Cl2NO3/c1-13(3-4-14(13,2)12(19)20)11(18)17-10-6-8(15)5-9(16)7-10/h3-7H,1-2H3,(H,17,18)(H,19,20). The summed E-state index contributed by atoms with van der Waals surface area (Å²) in [6.07, 6.45) is 3.10. The van der Waals surface area contributed by atoms with Gasteiger partial charge in [-0.05, 0) is 32.0 Å². The van der Waals surface area contributed by atoms with E-state index in [0.717, 1.165) is 0 Å². The van der Waals surface area contributed by atoms with Crippen molar-refractivity contribution < 1.29 is 14.7 Å². The van der Waals surface area contributed by atoms with Gasteiger partial charge in [-0.15, -0.1) is 0 Å². The molecule has 2 N–H and O–H groups in total. The Labute approximate surface area is 126 Å². The molecular formula is C14H13Cl2NO3. The zero-order chi connectivity index (χ0) is 15.1. The maximum atomic E-state index is 12.3. The summed E-state index contributed by atoms with van der Waals surface area (Å²) >= 11 is 11.7. The average molecular weight is 314 g/mol. The van der Waals surface area contributed by atoms with Crippen molar-refractivity contribution in [1.29, 1.82) is 0 Å². The van der Waals surface area contributed by atoms with Crippen LogP contribution in [0.15, 0.2) is 30.4 Å². The number of amides is 1. The fraction of sp³-hybridized carbons (Fsp3) is 0.286. The van der Waals surface area contributed by atoms with Gasteiger partial charge in [0, 0.05) is 15.7 Å². The predicted molar refractivity (Wildman–Crippen MR) is 78.1 cm³/mol. The van der Waals surface area contributed by atoms with E-state index < -0.39 is 22.7 Å². The number of carbonyl (C=O) groups is 2. The van der Waals surface area contributed by atoms with E-state index in [0.29, 0.717) is 15.7 Å². The van der Waals surface area contributed by atoms with Gasteiger partial charge in [0.25, 0.3) is 0 Å². The highest BCUT2D eigenvalue weighted by Crippen LogP contribution is 2.50. The summed E-state index contributed by atoms with van der Waals surface area (Å²) in [5.74, 6) is -1.45. The molecule has 2 rings (SSSR count). The summed E-state index contributed by atoms with van der Waals surface area (Å²) in [5, 5.41) is 12.7. The maximum Gasteiger partial charge on any atom is 0.314 e. The van der Waals surface area contributed by atoms with Crippen LogP contribution in [0.1, 0.15) is 13.8 Å². The molecule has 1 aromatic rings. The van der Waals surface area contributed by atoms with Crippen LogP contribution in [0.4, 0.5) is 5.69 Å². The molecule has 2 unspecified atom stereocenters. The Balaban J connectivity index is 2.25. The first-order valence-corrected chi connectivity index (χ1v) is 6.66. The van der Waals surface area contributed by atoms with Gasteiger partial charge in [0.2, 0.25) is 5.91 Å². The molecule has 1 aliphatic rings. The van der Waals surface area contributed by atoms with E-state index in [2.05, 4.69) is 5.32 Å². The van der Waals surface area contributed by atoms with Gasteiger partial charge in [0.05, 0.1) is 5.41 Å². The van der Waals surface area contributed by atoms with E-state index in [1.807, 2.05) is 0 Å². The third kappa shape index (κ3) is 2.19. The van der Waals surface area contributed by atoms with Crippen LogP contribution < -0.4 is 5.32 Å². The summed E-state index contributed by atoms with van der Waals surface area (Å²) in [6.45, 7) is 3.10. The molecule has 0 radical (unpaired) electrons. The first-order chi connectivity index (χ1) is 9.19. The van der Waals surface area contributed by atoms with Gasteiger partial charge in [-0.25, -0.2) is 0 Å². The van der Waals surface area contributed by atoms with Crippen LogP contribution in [0.3, 0.4) is 0 Å². The summed E-state index contributed by atoms with van der Waals surface area (Å²) in [5.41, 5.74) is -1.91. The topological polar surface area (TPSA) is 66.4 Å². The van der Waals surface area contributed by atoms with Gasteiger partial charge in [0.15, 0.2) is 0 Å². The monoisotopic (exact) mass is 313 g/mol. The molecule has 106 valence electrons. The van der Waals surface area contributed by atoms with Crippen LogP contribution >= 0.6 is 23.2 Å². The lowest BCUT2D eigenvalue weighted by molar-refractivity contribution is -0.156. The summed E-state index contributed by atoms with van der Waals surface area (Å²) in [4.78, 5) is 23.7. The van der Waals surface area contributed by atoms with E-state index in [4.69, 9.17) is 23.2 Å². The highest BCUT2D eigenvalue weighted by molar-refractivity contribution is 6.35. The molecule has 6 heteroatoms. The molecule has 0 heterocycles. The smallest absolute Gasteiger partial charge is 0.314 e. The molecule has 0 aliphatic heterocycles. The number of benzene rings is 1. The predicted octanol–water partition coefficient (Wildman–Crippen LogP) is 3.60. The molecule has 0 saturated carbocycles. The number of anilines is 1. The van der Waals surface area contributed by atoms with Crippen molar-refractivity contribution in [1.82, 2.24) is 0 Å². The molecule has 2 atom stereocenters. The van der Waals surface area contributed by atoms with Crippen molar-refractivity contribution in [3.8, 4) is 0 Å². The Kier molecular flexibility index (Phi) is 3.56. The van der Waals surface area contributed by atoms with Crippen LogP contribution in [0.5, 0.6) is 0 Å². The third-order valence-corrected chi connectivity index (χ3v) is 4.30. The Morgan fingerprint density at radius 2 is 1.55 bits per heavy atom. The SMILES string of the molecule is CC1(C(=O)O)C=CC1(C)C(=O)Nc1cc(Cl)cc(Cl)c1. The van der Waals surface area contributed by atoms with Crippen LogP contribution in [0.2, 0.25) is 10.0 Å². The van der Waals surface area contributed by atoms with Crippen molar-refractivity contribution in [2.75, 3.05) is 5.32 Å². The maximum absolute atomic E-state index is 12.3. The lowest BCUT2D eigenvalue weighted by atomic mass is 9.57.